The summed E-state index contributed by atoms with van der Waals surface area (Å²) in [5, 5.41) is 2.71. The lowest BCUT2D eigenvalue weighted by Gasteiger charge is -2.35. The molecule has 10 heterocycles. The molecule has 0 N–H and O–H groups in total. The van der Waals surface area contributed by atoms with E-state index in [1.165, 1.54) is 12.3 Å². The number of carbonyl (C=O) groups is 2. The minimum absolute atomic E-state index is 0.0182. The molecule has 4 aromatic heterocycles. The van der Waals surface area contributed by atoms with Crippen molar-refractivity contribution in [2.24, 2.45) is 0 Å². The molecule has 0 spiro atoms. The van der Waals surface area contributed by atoms with Crippen molar-refractivity contribution in [1.29, 1.82) is 0 Å². The molecule has 6 aliphatic heterocycles. The largest absolute Gasteiger partial charge is 0.461 e. The lowest BCUT2D eigenvalue weighted by atomic mass is 9.92. The minimum atomic E-state index is -1.25. The van der Waals surface area contributed by atoms with Crippen LogP contribution in [0.4, 0.5) is 38.0 Å². The van der Waals surface area contributed by atoms with Crippen LogP contribution in [0.1, 0.15) is 82.2 Å². The van der Waals surface area contributed by atoms with Gasteiger partial charge in [0.1, 0.15) is 59.6 Å². The first-order valence-corrected chi connectivity index (χ1v) is 32.1. The molecular formula is C69H67ClF6N12O4. The van der Waals surface area contributed by atoms with Crippen LogP contribution < -0.4 is 19.3 Å². The molecule has 7 aliphatic rings. The number of anilines is 2. The van der Waals surface area contributed by atoms with Gasteiger partial charge in [0.25, 0.3) is 0 Å². The van der Waals surface area contributed by atoms with E-state index in [2.05, 4.69) is 26.3 Å². The van der Waals surface area contributed by atoms with E-state index in [-0.39, 0.29) is 113 Å². The van der Waals surface area contributed by atoms with Gasteiger partial charge in [-0.25, -0.2) is 26.3 Å². The van der Waals surface area contributed by atoms with Gasteiger partial charge in [-0.05, 0) is 110 Å². The molecule has 0 bridgehead atoms. The lowest BCUT2D eigenvalue weighted by molar-refractivity contribution is -0.125. The normalized spacial score (nSPS) is 24.7. The Morgan fingerprint density at radius 1 is 0.674 bits per heavy atom. The molecule has 1 unspecified atom stereocenters. The first-order chi connectivity index (χ1) is 44.5. The minimum Gasteiger partial charge on any atom is -0.461 e. The Hall–Kier alpha value is -8.21. The molecule has 15 rings (SSSR count). The van der Waals surface area contributed by atoms with Crippen LogP contribution in [0.2, 0.25) is 5.02 Å². The van der Waals surface area contributed by atoms with E-state index in [0.717, 1.165) is 61.9 Å². The number of fused-ring (bicyclic) bond motifs is 6. The van der Waals surface area contributed by atoms with Gasteiger partial charge in [-0.2, -0.15) is 19.9 Å². The van der Waals surface area contributed by atoms with Crippen molar-refractivity contribution >= 4 is 78.4 Å². The maximum Gasteiger partial charge on any atom is 0.319 e. The molecule has 1 aliphatic carbocycles. The molecule has 4 aromatic carbocycles. The maximum atomic E-state index is 18.0. The van der Waals surface area contributed by atoms with Gasteiger partial charge < -0.3 is 29.1 Å². The third-order valence-electron chi connectivity index (χ3n) is 20.9. The summed E-state index contributed by atoms with van der Waals surface area (Å²) in [6.07, 6.45) is 11.1. The van der Waals surface area contributed by atoms with Gasteiger partial charge in [0.05, 0.1) is 21.9 Å². The second kappa shape index (κ2) is 23.4. The molecule has 23 heteroatoms. The van der Waals surface area contributed by atoms with E-state index in [0.29, 0.717) is 103 Å². The summed E-state index contributed by atoms with van der Waals surface area (Å²) in [6.45, 7) is 6.60. The number of allylic oxidation sites excluding steroid dienone is 1. The SMILES string of the molecule is C=CC(=O)N1CC[C@@H](N(C)c2nc(OC[C@@]34CCC(c5ccc(Cl)c6c(-c7ncc8c(N(C)[C@@H]9CCN(C(=O)C=C%10CCC%10)C9)nc(OC[C@@]9%10CCCN9C[C@H](F)C%10)nc8c7F)cccc56)N3C[C@H](F)C4)nc3c(F)c(-c4cccc5cc(F)c(F)cc45)ncc23)C1. The molecule has 6 saturated heterocycles. The monoisotopic (exact) mass is 1280 g/mol. The summed E-state index contributed by atoms with van der Waals surface area (Å²) in [5.74, 6) is -3.34. The molecule has 92 heavy (non-hydrogen) atoms. The standard InChI is InChI=1S/C69H67ClF6N12O4/c1-4-55(89)85-23-18-42(34-85)83(2)64-49-30-77-60(46-13-6-11-39-26-52(73)53(74)27-48(39)46)58(75)62(49)79-67(82-64)92-37-69-21-17-54(88(69)33-41(72)29-69)44-15-16-51(70)57-45(44)12-7-14-47(57)61-59(76)63-50(31-78-61)65(84(3)43-19-24-86(35-43)56(90)25-38-9-5-10-38)81-66(80-63)91-36-68-20-8-22-87(68)32-40(71)28-68/h4,6-7,11-16,25-27,30-31,40-43,54H,1,5,8-10,17-24,28-29,32-37H2,2-3H3/t40-,41-,42-,43-,54?,68+,69+/m1/s1. The number of nitrogens with zero attached hydrogens (tertiary/aromatic N) is 12. The van der Waals surface area contributed by atoms with Gasteiger partial charge in [0.15, 0.2) is 23.3 Å². The highest BCUT2D eigenvalue weighted by atomic mass is 35.5. The number of likely N-dealkylation sites (N-methyl/N-ethyl adjacent to an activating group) is 2. The van der Waals surface area contributed by atoms with Crippen LogP contribution in [0.3, 0.4) is 0 Å². The summed E-state index contributed by atoms with van der Waals surface area (Å²) in [5.41, 5.74) is 0.797. The highest BCUT2D eigenvalue weighted by Gasteiger charge is 2.55. The number of likely N-dealkylation sites (tertiary alicyclic amines) is 2. The highest BCUT2D eigenvalue weighted by Crippen LogP contribution is 2.52. The molecule has 476 valence electrons. The van der Waals surface area contributed by atoms with Crippen LogP contribution in [0, 0.1) is 23.3 Å². The summed E-state index contributed by atoms with van der Waals surface area (Å²) in [6, 6.07) is 14.9. The number of halogens is 7. The van der Waals surface area contributed by atoms with Crippen LogP contribution in [-0.4, -0.2) is 170 Å². The van der Waals surface area contributed by atoms with E-state index in [4.69, 9.17) is 41.0 Å². The lowest BCUT2D eigenvalue weighted by Crippen LogP contribution is -2.44. The van der Waals surface area contributed by atoms with Crippen LogP contribution in [0.5, 0.6) is 12.0 Å². The predicted molar refractivity (Wildman–Crippen MR) is 339 cm³/mol. The number of hydrogen-bond donors (Lipinski definition) is 0. The van der Waals surface area contributed by atoms with Crippen molar-refractivity contribution < 1.29 is 45.4 Å². The Labute approximate surface area is 531 Å². The van der Waals surface area contributed by atoms with Gasteiger partial charge in [-0.3, -0.25) is 29.4 Å². The Morgan fingerprint density at radius 3 is 1.95 bits per heavy atom. The summed E-state index contributed by atoms with van der Waals surface area (Å²) < 4.78 is 109. The number of aromatic nitrogens is 6. The number of ether oxygens (including phenoxy) is 2. The third kappa shape index (κ3) is 10.3. The van der Waals surface area contributed by atoms with E-state index in [1.807, 2.05) is 39.9 Å². The van der Waals surface area contributed by atoms with Crippen molar-refractivity contribution in [3.8, 4) is 34.5 Å². The molecule has 7 atom stereocenters. The number of rotatable bonds is 15. The third-order valence-corrected chi connectivity index (χ3v) is 21.2. The second-order valence-corrected chi connectivity index (χ2v) is 26.5. The summed E-state index contributed by atoms with van der Waals surface area (Å²) in [4.78, 5) is 66.2. The fraction of sp³-hybridized carbons (Fsp3) is 0.420. The molecule has 7 fully saturated rings. The van der Waals surface area contributed by atoms with Gasteiger partial charge >= 0.3 is 12.0 Å². The van der Waals surface area contributed by atoms with Crippen molar-refractivity contribution in [3.05, 3.63) is 131 Å². The van der Waals surface area contributed by atoms with E-state index >= 15 is 13.2 Å². The van der Waals surface area contributed by atoms with Crippen molar-refractivity contribution in [3.63, 3.8) is 0 Å². The van der Waals surface area contributed by atoms with Crippen LogP contribution in [0.25, 0.3) is 65.9 Å². The topological polar surface area (TPSA) is 149 Å². The fourth-order valence-electron chi connectivity index (χ4n) is 15.9. The van der Waals surface area contributed by atoms with Crippen molar-refractivity contribution in [1.82, 2.24) is 49.5 Å². The van der Waals surface area contributed by atoms with Gasteiger partial charge in [0.2, 0.25) is 11.8 Å². The van der Waals surface area contributed by atoms with Crippen LogP contribution in [-0.2, 0) is 9.59 Å². The molecule has 0 radical (unpaired) electrons. The van der Waals surface area contributed by atoms with Crippen LogP contribution >= 0.6 is 11.6 Å². The zero-order chi connectivity index (χ0) is 63.5. The Morgan fingerprint density at radius 2 is 1.28 bits per heavy atom. The molecule has 1 saturated carbocycles. The first-order valence-electron chi connectivity index (χ1n) is 31.7. The average Bonchev–Trinajstić information content (AvgIpc) is 1.74. The number of amides is 2. The number of pyridine rings is 2. The van der Waals surface area contributed by atoms with E-state index < -0.39 is 46.7 Å². The Kier molecular flexibility index (Phi) is 15.3. The average molecular weight is 1280 g/mol. The van der Waals surface area contributed by atoms with E-state index in [9.17, 15) is 22.8 Å². The summed E-state index contributed by atoms with van der Waals surface area (Å²) >= 11 is 7.22. The van der Waals surface area contributed by atoms with Gasteiger partial charge in [-0.1, -0.05) is 66.2 Å². The number of alkyl halides is 2. The molecule has 2 amide bonds. The molecular weight excluding hydrogens is 1210 g/mol. The highest BCUT2D eigenvalue weighted by molar-refractivity contribution is 6.37. The van der Waals surface area contributed by atoms with Gasteiger partial charge in [-0.15, -0.1) is 0 Å². The number of benzene rings is 4. The second-order valence-electron chi connectivity index (χ2n) is 26.1. The van der Waals surface area contributed by atoms with E-state index in [1.54, 1.807) is 54.6 Å². The number of hydrogen-bond acceptors (Lipinski definition) is 14. The van der Waals surface area contributed by atoms with Crippen molar-refractivity contribution in [2.45, 2.75) is 112 Å². The smallest absolute Gasteiger partial charge is 0.319 e. The molecule has 16 nitrogen and oxygen atoms in total. The quantitative estimate of drug-likeness (QED) is 0.0707. The first kappa shape index (κ1) is 60.1. The van der Waals surface area contributed by atoms with Crippen LogP contribution in [0.15, 0.2) is 97.4 Å². The Bertz CT molecular complexity index is 4390. The van der Waals surface area contributed by atoms with Crippen molar-refractivity contribution in [2.75, 3.05) is 82.9 Å². The molecule has 8 aromatic rings. The zero-order valence-corrected chi connectivity index (χ0v) is 51.7. The maximum absolute atomic E-state index is 18.0. The zero-order valence-electron chi connectivity index (χ0n) is 51.0. The predicted octanol–water partition coefficient (Wildman–Crippen LogP) is 12.2. The fourth-order valence-corrected chi connectivity index (χ4v) is 16.1. The summed E-state index contributed by atoms with van der Waals surface area (Å²) in [7, 11) is 3.66. The number of carbonyl (C=O) groups excluding carboxylic acids is 2. The Balaban J connectivity index is 0.758. The van der Waals surface area contributed by atoms with Gasteiger partial charge in [0, 0.05) is 124 Å².